The van der Waals surface area contributed by atoms with Crippen molar-refractivity contribution in [3.8, 4) is 0 Å². The average Bonchev–Trinajstić information content (AvgIpc) is 2.41. The molecule has 0 radical (unpaired) electrons. The van der Waals surface area contributed by atoms with E-state index in [2.05, 4.69) is 61.6 Å². The van der Waals surface area contributed by atoms with E-state index >= 15 is 0 Å². The molecule has 0 aromatic carbocycles. The summed E-state index contributed by atoms with van der Waals surface area (Å²) in [5.41, 5.74) is 0.983. The maximum absolute atomic E-state index is 5.23. The molecule has 5 atom stereocenters. The molecule has 0 spiro atoms. The summed E-state index contributed by atoms with van der Waals surface area (Å²) in [6.45, 7) is 21.5. The van der Waals surface area contributed by atoms with Gasteiger partial charge in [0.25, 0.3) is 0 Å². The normalized spacial score (nSPS) is 32.6. The molecular weight excluding hydrogens is 396 g/mol. The van der Waals surface area contributed by atoms with Gasteiger partial charge in [0.05, 0.1) is 0 Å². The number of hydrogen-bond acceptors (Lipinski definition) is 0. The summed E-state index contributed by atoms with van der Waals surface area (Å²) >= 11 is -0.826. The van der Waals surface area contributed by atoms with Crippen molar-refractivity contribution in [3.05, 3.63) is 12.4 Å². The third-order valence-electron chi connectivity index (χ3n) is 5.06. The maximum atomic E-state index is 5.23. The summed E-state index contributed by atoms with van der Waals surface area (Å²) in [6, 6.07) is 0. The molecule has 1 saturated carbocycles. The van der Waals surface area contributed by atoms with Crippen molar-refractivity contribution in [1.29, 1.82) is 0 Å². The molecule has 0 heterocycles. The Kier molecular flexibility index (Phi) is 11.6. The Morgan fingerprint density at radius 3 is 1.38 bits per heavy atom. The van der Waals surface area contributed by atoms with Crippen LogP contribution in [0.1, 0.15) is 48.5 Å². The standard InChI is InChI=1S/C15H32NSi.CH3.2ClH.Zr/c1-10-11(2)13(4)14(12(10)3)17(8,9)16-15(5,6)7;;;;/h10-14H,1-9H3;1H3;2*1H;/q2*-1;;;+4/p-2/t10?,11?,12-,13+,14?;;;;. The molecule has 1 aliphatic carbocycles. The fourth-order valence-electron chi connectivity index (χ4n) is 4.32. The van der Waals surface area contributed by atoms with Gasteiger partial charge in [-0.25, -0.2) is 0 Å². The Morgan fingerprint density at radius 1 is 0.857 bits per heavy atom. The van der Waals surface area contributed by atoms with E-state index in [1.165, 1.54) is 0 Å². The van der Waals surface area contributed by atoms with Gasteiger partial charge in [0.2, 0.25) is 0 Å². The molecule has 1 aliphatic rings. The second kappa shape index (κ2) is 9.82. The summed E-state index contributed by atoms with van der Waals surface area (Å²) in [6.07, 6.45) is 0. The molecule has 0 saturated heterocycles. The van der Waals surface area contributed by atoms with Gasteiger partial charge in [-0.2, -0.15) is 0 Å². The molecule has 21 heavy (non-hydrogen) atoms. The van der Waals surface area contributed by atoms with Crippen LogP contribution < -0.4 is 0 Å². The Bertz CT molecular complexity index is 280. The first-order valence-corrected chi connectivity index (χ1v) is 16.9. The molecular formula is C16H35Cl2NSiZr. The summed E-state index contributed by atoms with van der Waals surface area (Å²) in [5.74, 6) is 3.40. The van der Waals surface area contributed by atoms with Gasteiger partial charge in [-0.15, -0.1) is 5.54 Å². The van der Waals surface area contributed by atoms with E-state index in [0.29, 0.717) is 0 Å². The number of rotatable bonds is 2. The topological polar surface area (TPSA) is 14.1 Å². The van der Waals surface area contributed by atoms with Gasteiger partial charge in [-0.05, 0) is 23.7 Å². The van der Waals surface area contributed by atoms with Crippen LogP contribution in [0.2, 0.25) is 18.6 Å². The van der Waals surface area contributed by atoms with E-state index in [-0.39, 0.29) is 13.0 Å². The molecule has 126 valence electrons. The zero-order chi connectivity index (χ0) is 16.3. The second-order valence-corrected chi connectivity index (χ2v) is 15.9. The zero-order valence-corrected chi connectivity index (χ0v) is 20.6. The zero-order valence-electron chi connectivity index (χ0n) is 15.6. The van der Waals surface area contributed by atoms with Crippen molar-refractivity contribution in [1.82, 2.24) is 0 Å². The molecule has 0 aromatic rings. The van der Waals surface area contributed by atoms with Crippen LogP contribution in [-0.2, 0) is 20.8 Å². The number of nitrogens with zero attached hydrogens (tertiary/aromatic N) is 1. The molecule has 0 aliphatic heterocycles. The van der Waals surface area contributed by atoms with Gasteiger partial charge < -0.3 is 12.4 Å². The fourth-order valence-corrected chi connectivity index (χ4v) is 9.37. The monoisotopic (exact) mass is 429 g/mol. The van der Waals surface area contributed by atoms with Gasteiger partial charge in [0.1, 0.15) is 0 Å². The minimum atomic E-state index is -1.49. The fraction of sp³-hybridized carbons (Fsp3) is 0.938. The molecule has 0 N–H and O–H groups in total. The first-order valence-electron chi connectivity index (χ1n) is 7.59. The molecule has 0 amide bonds. The van der Waals surface area contributed by atoms with Crippen LogP contribution in [0.3, 0.4) is 0 Å². The summed E-state index contributed by atoms with van der Waals surface area (Å²) in [7, 11) is 8.38. The van der Waals surface area contributed by atoms with Crippen LogP contribution >= 0.6 is 17.0 Å². The third-order valence-corrected chi connectivity index (χ3v) is 8.99. The van der Waals surface area contributed by atoms with Crippen molar-refractivity contribution in [2.75, 3.05) is 0 Å². The number of halogens is 2. The molecule has 0 bridgehead atoms. The Balaban J connectivity index is 0. The molecule has 3 unspecified atom stereocenters. The summed E-state index contributed by atoms with van der Waals surface area (Å²) < 4.78 is 0. The molecule has 5 heteroatoms. The molecule has 1 fully saturated rings. The van der Waals surface area contributed by atoms with E-state index in [0.717, 1.165) is 29.2 Å². The van der Waals surface area contributed by atoms with Crippen LogP contribution in [0.5, 0.6) is 0 Å². The molecule has 1 rings (SSSR count). The van der Waals surface area contributed by atoms with Gasteiger partial charge in [-0.3, -0.25) is 0 Å². The summed E-state index contributed by atoms with van der Waals surface area (Å²) in [5, 5.41) is 0. The third kappa shape index (κ3) is 7.38. The average molecular weight is 432 g/mol. The van der Waals surface area contributed by atoms with E-state index in [1.54, 1.807) is 0 Å². The SMILES string of the molecule is CC1C(C)[C@H](C)C([Si](C)(C)[N-]C(C)(C)C)[C@@H]1C.[CH3-].[Cl][Zr+2][Cl]. The quantitative estimate of drug-likeness (QED) is 0.326. The summed E-state index contributed by atoms with van der Waals surface area (Å²) in [4.78, 5) is 5.23. The first kappa shape index (κ1) is 24.9. The minimum absolute atomic E-state index is 0. The van der Waals surface area contributed by atoms with Crippen molar-refractivity contribution in [2.45, 2.75) is 72.6 Å². The van der Waals surface area contributed by atoms with Gasteiger partial charge >= 0.3 is 37.9 Å². The van der Waals surface area contributed by atoms with E-state index in [1.807, 2.05) is 0 Å². The van der Waals surface area contributed by atoms with Crippen molar-refractivity contribution >= 4 is 25.3 Å². The van der Waals surface area contributed by atoms with Crippen LogP contribution in [-0.4, -0.2) is 13.8 Å². The van der Waals surface area contributed by atoms with Crippen molar-refractivity contribution in [3.63, 3.8) is 0 Å². The van der Waals surface area contributed by atoms with Gasteiger partial charge in [-0.1, -0.05) is 75.3 Å². The van der Waals surface area contributed by atoms with Crippen LogP contribution in [0.15, 0.2) is 0 Å². The number of hydrogen-bond donors (Lipinski definition) is 0. The molecule has 1 nitrogen and oxygen atoms in total. The predicted octanol–water partition coefficient (Wildman–Crippen LogP) is 7.12. The molecule has 0 aromatic heterocycles. The predicted molar refractivity (Wildman–Crippen MR) is 99.1 cm³/mol. The van der Waals surface area contributed by atoms with Gasteiger partial charge in [0, 0.05) is 0 Å². The van der Waals surface area contributed by atoms with Crippen molar-refractivity contribution < 1.29 is 20.8 Å². The van der Waals surface area contributed by atoms with Crippen LogP contribution in [0.4, 0.5) is 0 Å². The van der Waals surface area contributed by atoms with E-state index < -0.39 is 29.1 Å². The Morgan fingerprint density at radius 2 is 1.14 bits per heavy atom. The van der Waals surface area contributed by atoms with Gasteiger partial charge in [0.15, 0.2) is 0 Å². The van der Waals surface area contributed by atoms with Crippen LogP contribution in [0, 0.1) is 31.1 Å². The van der Waals surface area contributed by atoms with Crippen molar-refractivity contribution in [2.24, 2.45) is 23.7 Å². The van der Waals surface area contributed by atoms with E-state index in [4.69, 9.17) is 22.0 Å². The Hall–Kier alpha value is 1.64. The second-order valence-electron chi connectivity index (χ2n) is 7.97. The van der Waals surface area contributed by atoms with Crippen LogP contribution in [0.25, 0.3) is 4.98 Å². The van der Waals surface area contributed by atoms with E-state index in [9.17, 15) is 0 Å². The Labute approximate surface area is 154 Å². The first-order chi connectivity index (χ1) is 8.89.